The van der Waals surface area contributed by atoms with E-state index in [0.717, 1.165) is 5.56 Å². The summed E-state index contributed by atoms with van der Waals surface area (Å²) in [7, 11) is 3.15. The Morgan fingerprint density at radius 2 is 1.84 bits per heavy atom. The van der Waals surface area contributed by atoms with Crippen LogP contribution in [0.3, 0.4) is 0 Å². The summed E-state index contributed by atoms with van der Waals surface area (Å²) in [5.74, 6) is 1.07. The molecule has 3 N–H and O–H groups in total. The summed E-state index contributed by atoms with van der Waals surface area (Å²) < 4.78 is 10.5. The molecule has 0 radical (unpaired) electrons. The van der Waals surface area contributed by atoms with Crippen LogP contribution in [0.4, 0.5) is 5.69 Å². The third-order valence-corrected chi connectivity index (χ3v) is 3.75. The summed E-state index contributed by atoms with van der Waals surface area (Å²) in [6.07, 6.45) is 0. The molecule has 2 rings (SSSR count). The van der Waals surface area contributed by atoms with Crippen LogP contribution in [0.15, 0.2) is 42.5 Å². The Morgan fingerprint density at radius 1 is 1.12 bits per heavy atom. The first-order chi connectivity index (χ1) is 12.1. The van der Waals surface area contributed by atoms with E-state index >= 15 is 0 Å². The van der Waals surface area contributed by atoms with Gasteiger partial charge in [0.2, 0.25) is 0 Å². The van der Waals surface area contributed by atoms with Crippen LogP contribution in [-0.2, 0) is 6.54 Å². The lowest BCUT2D eigenvalue weighted by atomic mass is 10.1. The number of hydrogen-bond acceptors (Lipinski definition) is 5. The van der Waals surface area contributed by atoms with Gasteiger partial charge in [0.05, 0.1) is 26.4 Å². The highest BCUT2D eigenvalue weighted by molar-refractivity contribution is 5.99. The van der Waals surface area contributed by atoms with Gasteiger partial charge in [-0.1, -0.05) is 18.2 Å². The predicted molar refractivity (Wildman–Crippen MR) is 97.3 cm³/mol. The molecule has 25 heavy (non-hydrogen) atoms. The zero-order valence-electron chi connectivity index (χ0n) is 14.7. The molecule has 1 unspecified atom stereocenters. The van der Waals surface area contributed by atoms with Gasteiger partial charge >= 0.3 is 0 Å². The van der Waals surface area contributed by atoms with Crippen molar-refractivity contribution >= 4 is 11.6 Å². The standard InChI is InChI=1S/C19H24N2O4/c1-13(12-22)21-16-7-5-4-6-15(16)19(23)20-11-14-8-9-17(24-2)18(10-14)25-3/h4-10,13,21-22H,11-12H2,1-3H3,(H,20,23). The van der Waals surface area contributed by atoms with Crippen LogP contribution in [0.1, 0.15) is 22.8 Å². The number of hydrogen-bond donors (Lipinski definition) is 3. The smallest absolute Gasteiger partial charge is 0.253 e. The number of anilines is 1. The quantitative estimate of drug-likeness (QED) is 0.685. The maximum Gasteiger partial charge on any atom is 0.253 e. The van der Waals surface area contributed by atoms with Gasteiger partial charge in [0.1, 0.15) is 0 Å². The number of amides is 1. The molecule has 1 amide bonds. The van der Waals surface area contributed by atoms with Gasteiger partial charge in [0.25, 0.3) is 5.91 Å². The molecule has 0 saturated heterocycles. The van der Waals surface area contributed by atoms with Gasteiger partial charge in [0, 0.05) is 18.3 Å². The number of benzene rings is 2. The average molecular weight is 344 g/mol. The lowest BCUT2D eigenvalue weighted by Gasteiger charge is -2.16. The Morgan fingerprint density at radius 3 is 2.52 bits per heavy atom. The first kappa shape index (κ1) is 18.6. The molecule has 0 bridgehead atoms. The van der Waals surface area contributed by atoms with Crippen molar-refractivity contribution < 1.29 is 19.4 Å². The highest BCUT2D eigenvalue weighted by atomic mass is 16.5. The van der Waals surface area contributed by atoms with Gasteiger partial charge in [-0.05, 0) is 36.8 Å². The molecule has 2 aromatic rings. The Bertz CT molecular complexity index is 718. The lowest BCUT2D eigenvalue weighted by molar-refractivity contribution is 0.0951. The van der Waals surface area contributed by atoms with E-state index in [-0.39, 0.29) is 18.6 Å². The maximum atomic E-state index is 12.5. The third kappa shape index (κ3) is 4.87. The van der Waals surface area contributed by atoms with Gasteiger partial charge in [-0.2, -0.15) is 0 Å². The van der Waals surface area contributed by atoms with Crippen LogP contribution in [-0.4, -0.2) is 37.9 Å². The Kier molecular flexibility index (Phi) is 6.65. The summed E-state index contributed by atoms with van der Waals surface area (Å²) in [6.45, 7) is 2.20. The van der Waals surface area contributed by atoms with E-state index in [1.54, 1.807) is 32.4 Å². The predicted octanol–water partition coefficient (Wildman–Crippen LogP) is 2.43. The molecule has 134 valence electrons. The van der Waals surface area contributed by atoms with Crippen molar-refractivity contribution in [1.82, 2.24) is 5.32 Å². The van der Waals surface area contributed by atoms with E-state index in [1.165, 1.54) is 0 Å². The van der Waals surface area contributed by atoms with Gasteiger partial charge in [-0.15, -0.1) is 0 Å². The highest BCUT2D eigenvalue weighted by Gasteiger charge is 2.13. The minimum absolute atomic E-state index is 0.0123. The zero-order chi connectivity index (χ0) is 18.2. The third-order valence-electron chi connectivity index (χ3n) is 3.75. The van der Waals surface area contributed by atoms with Gasteiger partial charge in [-0.3, -0.25) is 4.79 Å². The zero-order valence-corrected chi connectivity index (χ0v) is 14.7. The molecule has 0 heterocycles. The fourth-order valence-electron chi connectivity index (χ4n) is 2.39. The summed E-state index contributed by atoms with van der Waals surface area (Å²) in [5.41, 5.74) is 2.12. The highest BCUT2D eigenvalue weighted by Crippen LogP contribution is 2.27. The molecule has 0 fully saturated rings. The van der Waals surface area contributed by atoms with Crippen LogP contribution in [0.25, 0.3) is 0 Å². The van der Waals surface area contributed by atoms with E-state index < -0.39 is 0 Å². The first-order valence-corrected chi connectivity index (χ1v) is 8.04. The van der Waals surface area contributed by atoms with Crippen molar-refractivity contribution in [2.45, 2.75) is 19.5 Å². The van der Waals surface area contributed by atoms with E-state index in [9.17, 15) is 9.90 Å². The molecule has 6 nitrogen and oxygen atoms in total. The second-order valence-corrected chi connectivity index (χ2v) is 5.65. The number of carbonyl (C=O) groups is 1. The van der Waals surface area contributed by atoms with Gasteiger partial charge in [-0.25, -0.2) is 0 Å². The second-order valence-electron chi connectivity index (χ2n) is 5.65. The monoisotopic (exact) mass is 344 g/mol. The molecule has 0 aliphatic rings. The number of nitrogens with one attached hydrogen (secondary N) is 2. The summed E-state index contributed by atoms with van der Waals surface area (Å²) in [5, 5.41) is 15.2. The second kappa shape index (κ2) is 8.94. The van der Waals surface area contributed by atoms with Crippen molar-refractivity contribution in [3.05, 3.63) is 53.6 Å². The van der Waals surface area contributed by atoms with Crippen molar-refractivity contribution in [1.29, 1.82) is 0 Å². The van der Waals surface area contributed by atoms with Crippen molar-refractivity contribution in [3.8, 4) is 11.5 Å². The summed E-state index contributed by atoms with van der Waals surface area (Å²) in [6, 6.07) is 12.6. The van der Waals surface area contributed by atoms with Crippen molar-refractivity contribution in [3.63, 3.8) is 0 Å². The van der Waals surface area contributed by atoms with E-state index in [0.29, 0.717) is 29.3 Å². The summed E-state index contributed by atoms with van der Waals surface area (Å²) in [4.78, 5) is 12.5. The molecule has 1 atom stereocenters. The minimum atomic E-state index is -0.192. The van der Waals surface area contributed by atoms with E-state index in [1.807, 2.05) is 31.2 Å². The minimum Gasteiger partial charge on any atom is -0.493 e. The molecule has 6 heteroatoms. The van der Waals surface area contributed by atoms with Crippen molar-refractivity contribution in [2.75, 3.05) is 26.1 Å². The number of methoxy groups -OCH3 is 2. The number of rotatable bonds is 8. The lowest BCUT2D eigenvalue weighted by Crippen LogP contribution is -2.26. The molecular formula is C19H24N2O4. The first-order valence-electron chi connectivity index (χ1n) is 8.04. The fraction of sp³-hybridized carbons (Fsp3) is 0.316. The normalized spacial score (nSPS) is 11.5. The Hall–Kier alpha value is -2.73. The Balaban J connectivity index is 2.08. The maximum absolute atomic E-state index is 12.5. The van der Waals surface area contributed by atoms with E-state index in [2.05, 4.69) is 10.6 Å². The number of aliphatic hydroxyl groups is 1. The van der Waals surface area contributed by atoms with Crippen LogP contribution >= 0.6 is 0 Å². The largest absolute Gasteiger partial charge is 0.493 e. The van der Waals surface area contributed by atoms with Gasteiger partial charge < -0.3 is 25.2 Å². The molecule has 0 aromatic heterocycles. The molecule has 0 spiro atoms. The number of para-hydroxylation sites is 1. The topological polar surface area (TPSA) is 79.8 Å². The van der Waals surface area contributed by atoms with E-state index in [4.69, 9.17) is 9.47 Å². The molecule has 0 aliphatic heterocycles. The van der Waals surface area contributed by atoms with Gasteiger partial charge in [0.15, 0.2) is 11.5 Å². The van der Waals surface area contributed by atoms with Crippen LogP contribution in [0.5, 0.6) is 11.5 Å². The SMILES string of the molecule is COc1ccc(CNC(=O)c2ccccc2NC(C)CO)cc1OC. The average Bonchev–Trinajstić information content (AvgIpc) is 2.66. The summed E-state index contributed by atoms with van der Waals surface area (Å²) >= 11 is 0. The number of carbonyl (C=O) groups excluding carboxylic acids is 1. The molecule has 0 aliphatic carbocycles. The van der Waals surface area contributed by atoms with Crippen molar-refractivity contribution in [2.24, 2.45) is 0 Å². The molecular weight excluding hydrogens is 320 g/mol. The number of aliphatic hydroxyl groups excluding tert-OH is 1. The molecule has 0 saturated carbocycles. The van der Waals surface area contributed by atoms with Crippen LogP contribution < -0.4 is 20.1 Å². The number of ether oxygens (including phenoxy) is 2. The fourth-order valence-corrected chi connectivity index (χ4v) is 2.39. The molecule has 2 aromatic carbocycles. The Labute approximate surface area is 147 Å². The van der Waals surface area contributed by atoms with Crippen LogP contribution in [0.2, 0.25) is 0 Å². The van der Waals surface area contributed by atoms with Crippen LogP contribution in [0, 0.1) is 0 Å².